The van der Waals surface area contributed by atoms with Crippen molar-refractivity contribution in [3.05, 3.63) is 22.8 Å². The highest BCUT2D eigenvalue weighted by Crippen LogP contribution is 2.64. The Balaban J connectivity index is 2.27. The number of carbonyl (C=O) groups is 2. The molecule has 3 aliphatic rings. The Labute approximate surface area is 95.4 Å². The summed E-state index contributed by atoms with van der Waals surface area (Å²) in [6.07, 6.45) is 1.75. The van der Waals surface area contributed by atoms with Gasteiger partial charge >= 0.3 is 0 Å². The highest BCUT2D eigenvalue weighted by atomic mass is 16.1. The van der Waals surface area contributed by atoms with Crippen molar-refractivity contribution >= 4 is 11.6 Å². The van der Waals surface area contributed by atoms with Gasteiger partial charge in [0, 0.05) is 17.3 Å². The predicted molar refractivity (Wildman–Crippen MR) is 60.7 cm³/mol. The van der Waals surface area contributed by atoms with Gasteiger partial charge in [0.25, 0.3) is 0 Å². The molecule has 2 heteroatoms. The molecule has 0 unspecified atom stereocenters. The third-order valence-corrected chi connectivity index (χ3v) is 5.21. The predicted octanol–water partition coefficient (Wildman–Crippen LogP) is 2.30. The van der Waals surface area contributed by atoms with Crippen LogP contribution in [-0.2, 0) is 9.59 Å². The van der Waals surface area contributed by atoms with E-state index in [0.717, 1.165) is 11.1 Å². The van der Waals surface area contributed by atoms with Crippen molar-refractivity contribution in [3.8, 4) is 0 Å². The summed E-state index contributed by atoms with van der Waals surface area (Å²) in [4.78, 5) is 24.3. The van der Waals surface area contributed by atoms with Crippen LogP contribution in [0.25, 0.3) is 0 Å². The lowest BCUT2D eigenvalue weighted by atomic mass is 9.65. The largest absolute Gasteiger partial charge is 0.298 e. The average molecular weight is 216 g/mol. The van der Waals surface area contributed by atoms with Gasteiger partial charge in [-0.15, -0.1) is 0 Å². The van der Waals surface area contributed by atoms with E-state index in [9.17, 15) is 9.59 Å². The van der Waals surface area contributed by atoms with Crippen LogP contribution in [0.2, 0.25) is 0 Å². The second-order valence-electron chi connectivity index (χ2n) is 5.67. The van der Waals surface area contributed by atoms with E-state index in [-0.39, 0.29) is 34.7 Å². The SMILES string of the molecule is CC1=CC(=O)[C@@H]2[C@H]3C(=O)[C@H](C(C)=C3C)[C@]12C. The Morgan fingerprint density at radius 3 is 2.38 bits per heavy atom. The number of Topliss-reactive ketones (excluding diaryl/α,β-unsaturated/α-hetero) is 1. The zero-order valence-electron chi connectivity index (χ0n) is 10.1. The number of hydrogen-bond acceptors (Lipinski definition) is 2. The van der Waals surface area contributed by atoms with Crippen LogP contribution >= 0.6 is 0 Å². The first-order valence-corrected chi connectivity index (χ1v) is 5.84. The topological polar surface area (TPSA) is 34.1 Å². The van der Waals surface area contributed by atoms with Gasteiger partial charge in [0.15, 0.2) is 5.78 Å². The summed E-state index contributed by atoms with van der Waals surface area (Å²) in [6.45, 7) is 8.15. The first kappa shape index (κ1) is 10.0. The van der Waals surface area contributed by atoms with Crippen LogP contribution in [0, 0.1) is 23.2 Å². The molecule has 0 amide bonds. The van der Waals surface area contributed by atoms with Gasteiger partial charge in [0.1, 0.15) is 5.78 Å². The second-order valence-corrected chi connectivity index (χ2v) is 5.67. The van der Waals surface area contributed by atoms with Crippen LogP contribution in [0.5, 0.6) is 0 Å². The fraction of sp³-hybridized carbons (Fsp3) is 0.571. The molecular formula is C14H16O2. The highest BCUT2D eigenvalue weighted by molar-refractivity contribution is 6.08. The maximum absolute atomic E-state index is 12.3. The molecule has 84 valence electrons. The molecular weight excluding hydrogens is 200 g/mol. The molecule has 1 fully saturated rings. The van der Waals surface area contributed by atoms with Crippen molar-refractivity contribution in [1.29, 1.82) is 0 Å². The van der Waals surface area contributed by atoms with Gasteiger partial charge in [-0.1, -0.05) is 23.6 Å². The van der Waals surface area contributed by atoms with Crippen LogP contribution in [0.15, 0.2) is 22.8 Å². The van der Waals surface area contributed by atoms with Crippen LogP contribution in [-0.4, -0.2) is 11.6 Å². The molecule has 2 bridgehead atoms. The summed E-state index contributed by atoms with van der Waals surface area (Å²) < 4.78 is 0. The molecule has 4 atom stereocenters. The average Bonchev–Trinajstić information content (AvgIpc) is 2.64. The summed E-state index contributed by atoms with van der Waals surface area (Å²) in [6, 6.07) is 0. The third kappa shape index (κ3) is 0.751. The number of allylic oxidation sites excluding steroid dienone is 4. The minimum Gasteiger partial charge on any atom is -0.298 e. The van der Waals surface area contributed by atoms with E-state index >= 15 is 0 Å². The number of ketones is 2. The van der Waals surface area contributed by atoms with E-state index in [1.54, 1.807) is 6.08 Å². The van der Waals surface area contributed by atoms with Crippen LogP contribution in [0.3, 0.4) is 0 Å². The van der Waals surface area contributed by atoms with Crippen molar-refractivity contribution in [2.75, 3.05) is 0 Å². The minimum absolute atomic E-state index is 0.0369. The van der Waals surface area contributed by atoms with E-state index in [4.69, 9.17) is 0 Å². The Morgan fingerprint density at radius 2 is 1.75 bits per heavy atom. The fourth-order valence-electron chi connectivity index (χ4n) is 4.16. The van der Waals surface area contributed by atoms with E-state index in [1.807, 2.05) is 13.8 Å². The smallest absolute Gasteiger partial charge is 0.160 e. The number of fused-ring (bicyclic) bond motifs is 5. The minimum atomic E-state index is -0.220. The quantitative estimate of drug-likeness (QED) is 0.582. The van der Waals surface area contributed by atoms with Crippen molar-refractivity contribution in [2.24, 2.45) is 23.2 Å². The maximum atomic E-state index is 12.3. The standard InChI is InChI=1S/C14H16O2/c1-6-5-9(15)12-10-7(2)8(3)11(13(10)16)14(6,12)4/h5,10-12H,1-4H3/t10-,11-,12+,14-/m0/s1. The number of hydrogen-bond donors (Lipinski definition) is 0. The van der Waals surface area contributed by atoms with Crippen LogP contribution < -0.4 is 0 Å². The summed E-state index contributed by atoms with van der Waals surface area (Å²) in [5.41, 5.74) is 3.22. The molecule has 0 aromatic heterocycles. The van der Waals surface area contributed by atoms with Crippen molar-refractivity contribution in [1.82, 2.24) is 0 Å². The zero-order valence-corrected chi connectivity index (χ0v) is 10.1. The van der Waals surface area contributed by atoms with E-state index in [1.165, 1.54) is 5.57 Å². The van der Waals surface area contributed by atoms with Gasteiger partial charge in [-0.25, -0.2) is 0 Å². The normalized spacial score (nSPS) is 45.5. The fourth-order valence-corrected chi connectivity index (χ4v) is 4.16. The number of rotatable bonds is 0. The zero-order chi connectivity index (χ0) is 11.8. The van der Waals surface area contributed by atoms with Gasteiger partial charge in [-0.3, -0.25) is 9.59 Å². The summed E-state index contributed by atoms with van der Waals surface area (Å²) in [5, 5.41) is 0. The Bertz CT molecular complexity index is 495. The molecule has 0 radical (unpaired) electrons. The lowest BCUT2D eigenvalue weighted by Gasteiger charge is -2.36. The molecule has 0 spiro atoms. The molecule has 3 rings (SSSR count). The van der Waals surface area contributed by atoms with Crippen molar-refractivity contribution in [3.63, 3.8) is 0 Å². The van der Waals surface area contributed by atoms with Gasteiger partial charge in [0.05, 0.1) is 5.92 Å². The first-order chi connectivity index (χ1) is 7.40. The molecule has 3 aliphatic carbocycles. The highest BCUT2D eigenvalue weighted by Gasteiger charge is 2.66. The Kier molecular flexibility index (Phi) is 1.60. The van der Waals surface area contributed by atoms with Gasteiger partial charge in [-0.05, 0) is 26.8 Å². The van der Waals surface area contributed by atoms with E-state index < -0.39 is 0 Å². The van der Waals surface area contributed by atoms with Crippen molar-refractivity contribution in [2.45, 2.75) is 27.7 Å². The molecule has 0 saturated heterocycles. The molecule has 0 aromatic carbocycles. The van der Waals surface area contributed by atoms with Gasteiger partial charge < -0.3 is 0 Å². The Morgan fingerprint density at radius 1 is 1.12 bits per heavy atom. The van der Waals surface area contributed by atoms with Gasteiger partial charge in [-0.2, -0.15) is 0 Å². The summed E-state index contributed by atoms with van der Waals surface area (Å²) >= 11 is 0. The molecule has 0 aromatic rings. The maximum Gasteiger partial charge on any atom is 0.160 e. The second kappa shape index (κ2) is 2.55. The monoisotopic (exact) mass is 216 g/mol. The molecule has 16 heavy (non-hydrogen) atoms. The van der Waals surface area contributed by atoms with Crippen molar-refractivity contribution < 1.29 is 9.59 Å². The molecule has 0 heterocycles. The summed E-state index contributed by atoms with van der Waals surface area (Å²) in [5.74, 6) is 0.172. The van der Waals surface area contributed by atoms with Crippen LogP contribution in [0.1, 0.15) is 27.7 Å². The molecule has 0 N–H and O–H groups in total. The molecule has 0 aliphatic heterocycles. The molecule has 1 saturated carbocycles. The summed E-state index contributed by atoms with van der Waals surface area (Å²) in [7, 11) is 0. The van der Waals surface area contributed by atoms with E-state index in [2.05, 4.69) is 13.8 Å². The third-order valence-electron chi connectivity index (χ3n) is 5.21. The van der Waals surface area contributed by atoms with Gasteiger partial charge in [0.2, 0.25) is 0 Å². The Hall–Kier alpha value is -1.18. The number of carbonyl (C=O) groups excluding carboxylic acids is 2. The molecule has 2 nitrogen and oxygen atoms in total. The lowest BCUT2D eigenvalue weighted by Crippen LogP contribution is -2.35. The van der Waals surface area contributed by atoms with Crippen LogP contribution in [0.4, 0.5) is 0 Å². The lowest BCUT2D eigenvalue weighted by molar-refractivity contribution is -0.124. The first-order valence-electron chi connectivity index (χ1n) is 5.84. The van der Waals surface area contributed by atoms with E-state index in [0.29, 0.717) is 0 Å².